The summed E-state index contributed by atoms with van der Waals surface area (Å²) in [6, 6.07) is 2.10. The maximum atomic E-state index is 14.8. The van der Waals surface area contributed by atoms with Gasteiger partial charge in [0, 0.05) is 32.1 Å². The second-order valence-electron chi connectivity index (χ2n) is 6.96. The summed E-state index contributed by atoms with van der Waals surface area (Å²) in [5, 5.41) is 14.0. The van der Waals surface area contributed by atoms with Crippen molar-refractivity contribution in [1.29, 1.82) is 0 Å². The van der Waals surface area contributed by atoms with Crippen LogP contribution in [-0.4, -0.2) is 64.5 Å². The molecule has 0 aliphatic carbocycles. The van der Waals surface area contributed by atoms with E-state index in [1.165, 1.54) is 18.0 Å². The van der Waals surface area contributed by atoms with Crippen LogP contribution >= 0.6 is 0 Å². The molecule has 2 aliphatic heterocycles. The highest BCUT2D eigenvalue weighted by Crippen LogP contribution is 2.34. The molecule has 0 radical (unpaired) electrons. The number of hydrogen-bond donors (Lipinski definition) is 1. The Hall–Kier alpha value is -3.31. The van der Waals surface area contributed by atoms with Crippen molar-refractivity contribution in [3.63, 3.8) is 0 Å². The monoisotopic (exact) mass is 407 g/mol. The van der Waals surface area contributed by atoms with Crippen LogP contribution in [0, 0.1) is 11.6 Å². The van der Waals surface area contributed by atoms with Crippen LogP contribution in [0.2, 0.25) is 0 Å². The number of tetrazole rings is 1. The average Bonchev–Trinajstić information content (AvgIpc) is 3.40. The molecule has 12 heteroatoms. The molecule has 2 atom stereocenters. The van der Waals surface area contributed by atoms with E-state index in [9.17, 15) is 18.4 Å². The van der Waals surface area contributed by atoms with Crippen molar-refractivity contribution in [2.45, 2.75) is 25.5 Å². The van der Waals surface area contributed by atoms with Crippen molar-refractivity contribution in [2.75, 3.05) is 36.0 Å². The summed E-state index contributed by atoms with van der Waals surface area (Å²) in [5.41, 5.74) is -0.0912. The minimum atomic E-state index is -0.773. The smallest absolute Gasteiger partial charge is 0.414 e. The molecule has 29 heavy (non-hydrogen) atoms. The molecule has 0 spiro atoms. The SMILES string of the molecule is CC(=O)NCC1CN(c2cc(F)c(N3CCC(n4ncnn4)C3)c(F)c2)C(=O)O1. The maximum absolute atomic E-state index is 14.8. The topological polar surface area (TPSA) is 105 Å². The Morgan fingerprint density at radius 2 is 2.07 bits per heavy atom. The maximum Gasteiger partial charge on any atom is 0.414 e. The van der Waals surface area contributed by atoms with Crippen molar-refractivity contribution >= 4 is 23.4 Å². The fourth-order valence-corrected chi connectivity index (χ4v) is 3.58. The van der Waals surface area contributed by atoms with Gasteiger partial charge in [-0.1, -0.05) is 0 Å². The molecule has 2 unspecified atom stereocenters. The molecular weight excluding hydrogens is 388 g/mol. The van der Waals surface area contributed by atoms with Gasteiger partial charge >= 0.3 is 6.09 Å². The Labute approximate surface area is 164 Å². The van der Waals surface area contributed by atoms with E-state index in [1.54, 1.807) is 4.90 Å². The summed E-state index contributed by atoms with van der Waals surface area (Å²) in [5.74, 6) is -1.80. The Kier molecular flexibility index (Phi) is 4.99. The lowest BCUT2D eigenvalue weighted by molar-refractivity contribution is -0.119. The largest absolute Gasteiger partial charge is 0.442 e. The fraction of sp³-hybridized carbons (Fsp3) is 0.471. The quantitative estimate of drug-likeness (QED) is 0.784. The molecule has 2 amide bonds. The third kappa shape index (κ3) is 3.82. The Bertz CT molecular complexity index is 901. The van der Waals surface area contributed by atoms with E-state index in [0.29, 0.717) is 19.5 Å². The number of nitrogens with zero attached hydrogens (tertiary/aromatic N) is 6. The molecule has 1 aromatic carbocycles. The van der Waals surface area contributed by atoms with Gasteiger partial charge in [0.25, 0.3) is 0 Å². The number of aromatic nitrogens is 4. The van der Waals surface area contributed by atoms with Crippen molar-refractivity contribution in [2.24, 2.45) is 0 Å². The van der Waals surface area contributed by atoms with E-state index >= 15 is 0 Å². The van der Waals surface area contributed by atoms with E-state index in [2.05, 4.69) is 20.7 Å². The molecule has 1 aromatic heterocycles. The highest BCUT2D eigenvalue weighted by Gasteiger charge is 2.35. The number of halogens is 2. The minimum Gasteiger partial charge on any atom is -0.442 e. The molecule has 3 heterocycles. The first-order chi connectivity index (χ1) is 13.9. The van der Waals surface area contributed by atoms with Crippen molar-refractivity contribution in [3.05, 3.63) is 30.1 Å². The molecule has 4 rings (SSSR count). The number of carbonyl (C=O) groups is 2. The second-order valence-corrected chi connectivity index (χ2v) is 6.96. The Balaban J connectivity index is 1.49. The number of rotatable bonds is 5. The lowest BCUT2D eigenvalue weighted by Gasteiger charge is -2.22. The summed E-state index contributed by atoms with van der Waals surface area (Å²) in [7, 11) is 0. The standard InChI is InChI=1S/C17H19F2N7O3/c1-10(27)20-6-13-8-25(17(28)29-13)12-4-14(18)16(15(19)5-12)24-3-2-11(7-24)26-22-9-21-23-26/h4-5,9,11,13H,2-3,6-8H2,1H3,(H,20,27). The number of nitrogens with one attached hydrogen (secondary N) is 1. The van der Waals surface area contributed by atoms with Gasteiger partial charge in [0.1, 0.15) is 11.8 Å². The van der Waals surface area contributed by atoms with E-state index in [1.807, 2.05) is 0 Å². The first kappa shape index (κ1) is 19.0. The van der Waals surface area contributed by atoms with E-state index in [-0.39, 0.29) is 36.4 Å². The van der Waals surface area contributed by atoms with Crippen molar-refractivity contribution in [3.8, 4) is 0 Å². The molecule has 154 valence electrons. The van der Waals surface area contributed by atoms with Crippen LogP contribution in [0.15, 0.2) is 18.5 Å². The number of cyclic esters (lactones) is 1. The van der Waals surface area contributed by atoms with E-state index in [0.717, 1.165) is 17.0 Å². The zero-order chi connectivity index (χ0) is 20.5. The molecule has 0 saturated carbocycles. The predicted octanol–water partition coefficient (Wildman–Crippen LogP) is 0.864. The van der Waals surface area contributed by atoms with Crippen LogP contribution in [0.5, 0.6) is 0 Å². The van der Waals surface area contributed by atoms with Crippen molar-refractivity contribution in [1.82, 2.24) is 25.5 Å². The number of hydrogen-bond acceptors (Lipinski definition) is 7. The van der Waals surface area contributed by atoms with Crippen LogP contribution in [-0.2, 0) is 9.53 Å². The third-order valence-corrected chi connectivity index (χ3v) is 4.94. The van der Waals surface area contributed by atoms with Gasteiger partial charge in [-0.05, 0) is 11.6 Å². The summed E-state index contributed by atoms with van der Waals surface area (Å²) < 4.78 is 34.7. The lowest BCUT2D eigenvalue weighted by atomic mass is 10.2. The summed E-state index contributed by atoms with van der Waals surface area (Å²) in [6.45, 7) is 2.34. The predicted molar refractivity (Wildman–Crippen MR) is 96.3 cm³/mol. The van der Waals surface area contributed by atoms with E-state index < -0.39 is 23.8 Å². The van der Waals surface area contributed by atoms with Crippen LogP contribution in [0.3, 0.4) is 0 Å². The molecule has 0 bridgehead atoms. The molecule has 2 aliphatic rings. The van der Waals surface area contributed by atoms with Gasteiger partial charge in [-0.2, -0.15) is 4.80 Å². The number of anilines is 2. The fourth-order valence-electron chi connectivity index (χ4n) is 3.58. The number of amides is 2. The van der Waals surface area contributed by atoms with Gasteiger partial charge in [-0.25, -0.2) is 13.6 Å². The highest BCUT2D eigenvalue weighted by atomic mass is 19.1. The van der Waals surface area contributed by atoms with Crippen LogP contribution < -0.4 is 15.1 Å². The van der Waals surface area contributed by atoms with Crippen LogP contribution in [0.1, 0.15) is 19.4 Å². The zero-order valence-corrected chi connectivity index (χ0v) is 15.6. The number of benzene rings is 1. The Morgan fingerprint density at radius 3 is 2.72 bits per heavy atom. The first-order valence-electron chi connectivity index (χ1n) is 9.11. The normalized spacial score (nSPS) is 21.6. The Morgan fingerprint density at radius 1 is 1.31 bits per heavy atom. The molecule has 10 nitrogen and oxygen atoms in total. The molecular formula is C17H19F2N7O3. The van der Waals surface area contributed by atoms with Gasteiger partial charge in [0.05, 0.1) is 24.8 Å². The lowest BCUT2D eigenvalue weighted by Crippen LogP contribution is -2.33. The van der Waals surface area contributed by atoms with E-state index in [4.69, 9.17) is 4.74 Å². The number of ether oxygens (including phenoxy) is 1. The highest BCUT2D eigenvalue weighted by molar-refractivity contribution is 5.90. The summed E-state index contributed by atoms with van der Waals surface area (Å²) in [4.78, 5) is 27.2. The average molecular weight is 407 g/mol. The molecule has 2 aromatic rings. The van der Waals surface area contributed by atoms with Gasteiger partial charge in [0.15, 0.2) is 18.0 Å². The second kappa shape index (κ2) is 7.60. The third-order valence-electron chi connectivity index (χ3n) is 4.94. The summed E-state index contributed by atoms with van der Waals surface area (Å²) >= 11 is 0. The minimum absolute atomic E-state index is 0.0627. The van der Waals surface area contributed by atoms with Crippen molar-refractivity contribution < 1.29 is 23.1 Å². The van der Waals surface area contributed by atoms with Crippen LogP contribution in [0.4, 0.5) is 25.0 Å². The van der Waals surface area contributed by atoms with Gasteiger partial charge in [-0.3, -0.25) is 9.69 Å². The molecule has 2 saturated heterocycles. The van der Waals surface area contributed by atoms with Gasteiger partial charge in [0.2, 0.25) is 5.91 Å². The van der Waals surface area contributed by atoms with Crippen LogP contribution in [0.25, 0.3) is 0 Å². The number of carbonyl (C=O) groups excluding carboxylic acids is 2. The zero-order valence-electron chi connectivity index (χ0n) is 15.6. The molecule has 2 fully saturated rings. The van der Waals surface area contributed by atoms with Gasteiger partial charge < -0.3 is 15.0 Å². The summed E-state index contributed by atoms with van der Waals surface area (Å²) in [6.07, 6.45) is 0.629. The van der Waals surface area contributed by atoms with Gasteiger partial charge in [-0.15, -0.1) is 10.2 Å². The first-order valence-corrected chi connectivity index (χ1v) is 9.11. The molecule has 1 N–H and O–H groups in total.